The van der Waals surface area contributed by atoms with Crippen LogP contribution in [0.5, 0.6) is 5.75 Å². The summed E-state index contributed by atoms with van der Waals surface area (Å²) in [6.07, 6.45) is 11.3. The number of ether oxygens (including phenoxy) is 1. The summed E-state index contributed by atoms with van der Waals surface area (Å²) in [4.78, 5) is 26.8. The minimum atomic E-state index is 0.0605. The Balaban J connectivity index is 1.35. The van der Waals surface area contributed by atoms with Crippen molar-refractivity contribution < 1.29 is 14.3 Å². The maximum atomic E-state index is 12.7. The number of hydrogen-bond acceptors (Lipinski definition) is 3. The van der Waals surface area contributed by atoms with Crippen LogP contribution in [-0.2, 0) is 4.79 Å². The van der Waals surface area contributed by atoms with Gasteiger partial charge < -0.3 is 15.0 Å². The summed E-state index contributed by atoms with van der Waals surface area (Å²) < 4.78 is 5.43. The van der Waals surface area contributed by atoms with Gasteiger partial charge in [0.05, 0.1) is 6.61 Å². The average Bonchev–Trinajstić information content (AvgIpc) is 2.75. The number of likely N-dealkylation sites (tertiary alicyclic amines) is 1. The van der Waals surface area contributed by atoms with Crippen LogP contribution in [0.25, 0.3) is 0 Å². The SMILES string of the molecule is CCOc1ccc(C(=O)N2CCC(NC(=O)CCCC3CCCCC3)CC2)cc1. The molecular weight excluding hydrogens is 364 g/mol. The minimum absolute atomic E-state index is 0.0605. The Labute approximate surface area is 175 Å². The Morgan fingerprint density at radius 2 is 1.72 bits per heavy atom. The van der Waals surface area contributed by atoms with Gasteiger partial charge in [0.2, 0.25) is 5.91 Å². The Bertz CT molecular complexity index is 645. The third-order valence-electron chi connectivity index (χ3n) is 6.30. The van der Waals surface area contributed by atoms with Crippen molar-refractivity contribution in [3.05, 3.63) is 29.8 Å². The first-order valence-corrected chi connectivity index (χ1v) is 11.5. The summed E-state index contributed by atoms with van der Waals surface area (Å²) in [6, 6.07) is 7.54. The molecule has 1 aliphatic carbocycles. The topological polar surface area (TPSA) is 58.6 Å². The van der Waals surface area contributed by atoms with Crippen LogP contribution in [0.15, 0.2) is 24.3 Å². The lowest BCUT2D eigenvalue weighted by Gasteiger charge is -2.32. The number of hydrogen-bond donors (Lipinski definition) is 1. The van der Waals surface area contributed by atoms with E-state index in [2.05, 4.69) is 5.32 Å². The molecule has 0 spiro atoms. The van der Waals surface area contributed by atoms with Crippen LogP contribution in [0.3, 0.4) is 0 Å². The molecule has 1 N–H and O–H groups in total. The lowest BCUT2D eigenvalue weighted by atomic mass is 9.86. The Kier molecular flexibility index (Phi) is 8.38. The van der Waals surface area contributed by atoms with Crippen LogP contribution in [-0.4, -0.2) is 42.5 Å². The molecule has 5 heteroatoms. The van der Waals surface area contributed by atoms with Crippen molar-refractivity contribution in [3.63, 3.8) is 0 Å². The number of nitrogens with one attached hydrogen (secondary N) is 1. The van der Waals surface area contributed by atoms with E-state index in [0.717, 1.165) is 30.9 Å². The van der Waals surface area contributed by atoms with E-state index in [0.29, 0.717) is 31.7 Å². The Morgan fingerprint density at radius 1 is 1.03 bits per heavy atom. The zero-order chi connectivity index (χ0) is 20.5. The van der Waals surface area contributed by atoms with E-state index in [4.69, 9.17) is 4.74 Å². The second-order valence-electron chi connectivity index (χ2n) is 8.49. The molecule has 0 atom stereocenters. The van der Waals surface area contributed by atoms with E-state index in [1.807, 2.05) is 36.1 Å². The summed E-state index contributed by atoms with van der Waals surface area (Å²) >= 11 is 0. The highest BCUT2D eigenvalue weighted by Gasteiger charge is 2.24. The van der Waals surface area contributed by atoms with Gasteiger partial charge in [-0.2, -0.15) is 0 Å². The highest BCUT2D eigenvalue weighted by atomic mass is 16.5. The number of carbonyl (C=O) groups is 2. The van der Waals surface area contributed by atoms with Gasteiger partial charge in [-0.25, -0.2) is 0 Å². The van der Waals surface area contributed by atoms with Crippen LogP contribution in [0.1, 0.15) is 81.5 Å². The van der Waals surface area contributed by atoms with Crippen molar-refractivity contribution in [2.24, 2.45) is 5.92 Å². The average molecular weight is 401 g/mol. The van der Waals surface area contributed by atoms with Gasteiger partial charge in [-0.05, 0) is 62.8 Å². The van der Waals surface area contributed by atoms with Crippen LogP contribution in [0.4, 0.5) is 0 Å². The summed E-state index contributed by atoms with van der Waals surface area (Å²) in [5.74, 6) is 1.87. The van der Waals surface area contributed by atoms with E-state index < -0.39 is 0 Å². The number of benzene rings is 1. The number of piperidine rings is 1. The van der Waals surface area contributed by atoms with E-state index >= 15 is 0 Å². The molecule has 3 rings (SSSR count). The minimum Gasteiger partial charge on any atom is -0.494 e. The van der Waals surface area contributed by atoms with Crippen molar-refractivity contribution in [2.75, 3.05) is 19.7 Å². The molecule has 1 aromatic rings. The molecular formula is C24H36N2O3. The Morgan fingerprint density at radius 3 is 2.38 bits per heavy atom. The van der Waals surface area contributed by atoms with E-state index in [1.54, 1.807) is 0 Å². The number of rotatable bonds is 8. The lowest BCUT2D eigenvalue weighted by molar-refractivity contribution is -0.122. The van der Waals surface area contributed by atoms with Gasteiger partial charge in [-0.3, -0.25) is 9.59 Å². The summed E-state index contributed by atoms with van der Waals surface area (Å²) in [5, 5.41) is 3.18. The zero-order valence-corrected chi connectivity index (χ0v) is 17.8. The van der Waals surface area contributed by atoms with Gasteiger partial charge in [0.15, 0.2) is 0 Å². The first-order chi connectivity index (χ1) is 14.2. The van der Waals surface area contributed by atoms with Crippen molar-refractivity contribution in [2.45, 2.75) is 77.2 Å². The zero-order valence-electron chi connectivity index (χ0n) is 17.8. The molecule has 2 aliphatic rings. The molecule has 160 valence electrons. The van der Waals surface area contributed by atoms with Gasteiger partial charge in [-0.15, -0.1) is 0 Å². The number of carbonyl (C=O) groups excluding carboxylic acids is 2. The highest BCUT2D eigenvalue weighted by molar-refractivity contribution is 5.94. The maximum Gasteiger partial charge on any atom is 0.253 e. The maximum absolute atomic E-state index is 12.7. The van der Waals surface area contributed by atoms with E-state index in [9.17, 15) is 9.59 Å². The highest BCUT2D eigenvalue weighted by Crippen LogP contribution is 2.27. The monoisotopic (exact) mass is 400 g/mol. The van der Waals surface area contributed by atoms with Crippen LogP contribution < -0.4 is 10.1 Å². The number of nitrogens with zero attached hydrogens (tertiary/aromatic N) is 1. The van der Waals surface area contributed by atoms with Crippen molar-refractivity contribution >= 4 is 11.8 Å². The van der Waals surface area contributed by atoms with Crippen molar-refractivity contribution in [3.8, 4) is 5.75 Å². The fourth-order valence-corrected chi connectivity index (χ4v) is 4.60. The molecule has 5 nitrogen and oxygen atoms in total. The summed E-state index contributed by atoms with van der Waals surface area (Å²) in [7, 11) is 0. The molecule has 0 radical (unpaired) electrons. The molecule has 2 fully saturated rings. The molecule has 1 saturated carbocycles. The first kappa shape index (κ1) is 21.7. The molecule has 2 amide bonds. The third-order valence-corrected chi connectivity index (χ3v) is 6.30. The predicted molar refractivity (Wildman–Crippen MR) is 115 cm³/mol. The van der Waals surface area contributed by atoms with Gasteiger partial charge in [0.1, 0.15) is 5.75 Å². The second-order valence-corrected chi connectivity index (χ2v) is 8.49. The standard InChI is InChI=1S/C24H36N2O3/c1-2-29-22-13-11-20(12-14-22)24(28)26-17-15-21(16-18-26)25-23(27)10-6-9-19-7-4-3-5-8-19/h11-14,19,21H,2-10,15-18H2,1H3,(H,25,27). The first-order valence-electron chi connectivity index (χ1n) is 11.5. The molecule has 0 aromatic heterocycles. The normalized spacial score (nSPS) is 18.4. The molecule has 1 heterocycles. The van der Waals surface area contributed by atoms with Crippen LogP contribution >= 0.6 is 0 Å². The molecule has 0 unspecified atom stereocenters. The Hall–Kier alpha value is -2.04. The molecule has 29 heavy (non-hydrogen) atoms. The smallest absolute Gasteiger partial charge is 0.253 e. The van der Waals surface area contributed by atoms with Gasteiger partial charge in [0, 0.05) is 31.1 Å². The fourth-order valence-electron chi connectivity index (χ4n) is 4.60. The lowest BCUT2D eigenvalue weighted by Crippen LogP contribution is -2.46. The van der Waals surface area contributed by atoms with E-state index in [1.165, 1.54) is 38.5 Å². The van der Waals surface area contributed by atoms with E-state index in [-0.39, 0.29) is 17.9 Å². The van der Waals surface area contributed by atoms with Crippen molar-refractivity contribution in [1.29, 1.82) is 0 Å². The van der Waals surface area contributed by atoms with Gasteiger partial charge >= 0.3 is 0 Å². The fraction of sp³-hybridized carbons (Fsp3) is 0.667. The molecule has 1 aliphatic heterocycles. The van der Waals surface area contributed by atoms with Gasteiger partial charge in [-0.1, -0.05) is 32.1 Å². The van der Waals surface area contributed by atoms with Gasteiger partial charge in [0.25, 0.3) is 5.91 Å². The van der Waals surface area contributed by atoms with Crippen molar-refractivity contribution in [1.82, 2.24) is 10.2 Å². The van der Waals surface area contributed by atoms with Crippen LogP contribution in [0, 0.1) is 5.92 Å². The third kappa shape index (κ3) is 6.76. The quantitative estimate of drug-likeness (QED) is 0.696. The summed E-state index contributed by atoms with van der Waals surface area (Å²) in [6.45, 7) is 3.95. The molecule has 0 bridgehead atoms. The second kappa shape index (κ2) is 11.2. The van der Waals surface area contributed by atoms with Crippen LogP contribution in [0.2, 0.25) is 0 Å². The molecule has 1 aromatic carbocycles. The predicted octanol–water partition coefficient (Wildman–Crippen LogP) is 4.56. The summed E-state index contributed by atoms with van der Waals surface area (Å²) in [5.41, 5.74) is 0.693. The molecule has 1 saturated heterocycles. The largest absolute Gasteiger partial charge is 0.494 e. The number of amides is 2.